The lowest BCUT2D eigenvalue weighted by Gasteiger charge is -2.08. The quantitative estimate of drug-likeness (QED) is 0.607. The maximum Gasteiger partial charge on any atom is 0.339 e. The number of hydrogen-bond acceptors (Lipinski definition) is 2. The van der Waals surface area contributed by atoms with Crippen molar-refractivity contribution < 1.29 is 14.6 Å². The van der Waals surface area contributed by atoms with Crippen LogP contribution in [0.5, 0.6) is 5.75 Å². The van der Waals surface area contributed by atoms with Crippen LogP contribution in [-0.4, -0.2) is 35.0 Å². The molecule has 0 atom stereocenters. The predicted molar refractivity (Wildman–Crippen MR) is 68.4 cm³/mol. The molecule has 1 aromatic carbocycles. The van der Waals surface area contributed by atoms with Gasteiger partial charge in [0.25, 0.3) is 0 Å². The molecule has 0 saturated heterocycles. The third-order valence-corrected chi connectivity index (χ3v) is 2.12. The van der Waals surface area contributed by atoms with Gasteiger partial charge in [-0.05, 0) is 18.6 Å². The first kappa shape index (κ1) is 15.0. The highest BCUT2D eigenvalue weighted by atomic mass is 27.0. The van der Waals surface area contributed by atoms with Gasteiger partial charge in [-0.3, -0.25) is 0 Å². The van der Waals surface area contributed by atoms with E-state index in [0.717, 1.165) is 19.3 Å². The molecule has 0 saturated carbocycles. The van der Waals surface area contributed by atoms with Crippen molar-refractivity contribution in [3.8, 4) is 5.75 Å². The van der Waals surface area contributed by atoms with Gasteiger partial charge >= 0.3 is 5.97 Å². The number of unbranched alkanes of at least 4 members (excludes halogenated alkanes) is 2. The molecule has 0 spiro atoms. The standard InChI is InChI=1S/C12H16O3.Al.3H/c1-2-3-6-9-15-11-8-5-4-7-10(11)12(13)14;;;;/h4-5,7-8H,2-3,6,9H2,1H3,(H,13,14);;;;. The smallest absolute Gasteiger partial charge is 0.339 e. The SMILES string of the molecule is CCCCCOc1ccccc1C(=O)O.[AlH3]. The maximum absolute atomic E-state index is 10.8. The van der Waals surface area contributed by atoms with Crippen LogP contribution in [0.3, 0.4) is 0 Å². The third-order valence-electron chi connectivity index (χ3n) is 2.12. The molecule has 0 amide bonds. The summed E-state index contributed by atoms with van der Waals surface area (Å²) in [6.45, 7) is 2.70. The van der Waals surface area contributed by atoms with Crippen LogP contribution in [0.1, 0.15) is 36.5 Å². The second-order valence-electron chi connectivity index (χ2n) is 3.36. The predicted octanol–water partition coefficient (Wildman–Crippen LogP) is 1.77. The van der Waals surface area contributed by atoms with Crippen molar-refractivity contribution in [2.24, 2.45) is 0 Å². The number of benzene rings is 1. The Morgan fingerprint density at radius 3 is 2.62 bits per heavy atom. The van der Waals surface area contributed by atoms with Crippen molar-refractivity contribution >= 4 is 23.3 Å². The highest BCUT2D eigenvalue weighted by Gasteiger charge is 2.09. The van der Waals surface area contributed by atoms with Gasteiger partial charge in [0.15, 0.2) is 17.4 Å². The molecule has 0 aliphatic rings. The van der Waals surface area contributed by atoms with Crippen LogP contribution in [-0.2, 0) is 0 Å². The topological polar surface area (TPSA) is 46.5 Å². The number of carboxylic acids is 1. The molecule has 0 bridgehead atoms. The Bertz CT molecular complexity index is 326. The third kappa shape index (κ3) is 4.70. The summed E-state index contributed by atoms with van der Waals surface area (Å²) in [5.41, 5.74) is 0.231. The second-order valence-corrected chi connectivity index (χ2v) is 3.36. The Labute approximate surface area is 107 Å². The van der Waals surface area contributed by atoms with E-state index in [9.17, 15) is 4.79 Å². The molecular weight excluding hydrogens is 219 g/mol. The highest BCUT2D eigenvalue weighted by molar-refractivity contribution is 5.90. The molecule has 4 heteroatoms. The van der Waals surface area contributed by atoms with Crippen LogP contribution in [0.4, 0.5) is 0 Å². The van der Waals surface area contributed by atoms with Crippen molar-refractivity contribution in [3.63, 3.8) is 0 Å². The monoisotopic (exact) mass is 238 g/mol. The molecule has 0 radical (unpaired) electrons. The van der Waals surface area contributed by atoms with Gasteiger partial charge in [0.1, 0.15) is 11.3 Å². The number of carboxylic acid groups (broad SMARTS) is 1. The van der Waals surface area contributed by atoms with Gasteiger partial charge in [-0.15, -0.1) is 0 Å². The zero-order chi connectivity index (χ0) is 11.1. The zero-order valence-electron chi connectivity index (χ0n) is 8.90. The second kappa shape index (κ2) is 8.21. The van der Waals surface area contributed by atoms with Crippen molar-refractivity contribution in [3.05, 3.63) is 29.8 Å². The van der Waals surface area contributed by atoms with Gasteiger partial charge in [-0.2, -0.15) is 0 Å². The molecule has 0 aromatic heterocycles. The normalized spacial score (nSPS) is 9.31. The molecule has 1 aromatic rings. The van der Waals surface area contributed by atoms with E-state index in [1.54, 1.807) is 24.3 Å². The Morgan fingerprint density at radius 1 is 1.31 bits per heavy atom. The molecule has 1 N–H and O–H groups in total. The van der Waals surface area contributed by atoms with E-state index in [4.69, 9.17) is 9.84 Å². The number of ether oxygens (including phenoxy) is 1. The molecule has 88 valence electrons. The lowest BCUT2D eigenvalue weighted by molar-refractivity contribution is 0.0692. The fourth-order valence-corrected chi connectivity index (χ4v) is 1.30. The number of aromatic carboxylic acids is 1. The first-order valence-electron chi connectivity index (χ1n) is 5.20. The van der Waals surface area contributed by atoms with Crippen LogP contribution >= 0.6 is 0 Å². The highest BCUT2D eigenvalue weighted by Crippen LogP contribution is 2.18. The van der Waals surface area contributed by atoms with Crippen LogP contribution in [0.15, 0.2) is 24.3 Å². The minimum absolute atomic E-state index is 0. The first-order valence-corrected chi connectivity index (χ1v) is 5.20. The Hall–Kier alpha value is -0.978. The minimum Gasteiger partial charge on any atom is -0.493 e. The maximum atomic E-state index is 10.8. The van der Waals surface area contributed by atoms with Crippen molar-refractivity contribution in [1.82, 2.24) is 0 Å². The van der Waals surface area contributed by atoms with Crippen LogP contribution in [0.25, 0.3) is 0 Å². The summed E-state index contributed by atoms with van der Waals surface area (Å²) in [5.74, 6) is -0.484. The van der Waals surface area contributed by atoms with E-state index >= 15 is 0 Å². The molecule has 0 aliphatic heterocycles. The van der Waals surface area contributed by atoms with Crippen LogP contribution in [0.2, 0.25) is 0 Å². The summed E-state index contributed by atoms with van der Waals surface area (Å²) in [7, 11) is 0. The van der Waals surface area contributed by atoms with Gasteiger partial charge in [0.2, 0.25) is 0 Å². The minimum atomic E-state index is -0.943. The molecule has 0 fully saturated rings. The van der Waals surface area contributed by atoms with E-state index in [-0.39, 0.29) is 22.9 Å². The summed E-state index contributed by atoms with van der Waals surface area (Å²) >= 11 is 0. The molecular formula is C12H19AlO3. The summed E-state index contributed by atoms with van der Waals surface area (Å²) in [6.07, 6.45) is 3.20. The summed E-state index contributed by atoms with van der Waals surface area (Å²) in [6, 6.07) is 6.72. The summed E-state index contributed by atoms with van der Waals surface area (Å²) in [4.78, 5) is 10.8. The number of rotatable bonds is 6. The lowest BCUT2D eigenvalue weighted by atomic mass is 10.2. The van der Waals surface area contributed by atoms with E-state index in [0.29, 0.717) is 12.4 Å². The van der Waals surface area contributed by atoms with E-state index in [2.05, 4.69) is 6.92 Å². The largest absolute Gasteiger partial charge is 0.493 e. The summed E-state index contributed by atoms with van der Waals surface area (Å²) in [5, 5.41) is 8.89. The fourth-order valence-electron chi connectivity index (χ4n) is 1.30. The Morgan fingerprint density at radius 2 is 2.00 bits per heavy atom. The fraction of sp³-hybridized carbons (Fsp3) is 0.417. The molecule has 3 nitrogen and oxygen atoms in total. The van der Waals surface area contributed by atoms with E-state index in [1.165, 1.54) is 0 Å². The van der Waals surface area contributed by atoms with Crippen molar-refractivity contribution in [2.45, 2.75) is 26.2 Å². The Kier molecular flexibility index (Phi) is 7.71. The van der Waals surface area contributed by atoms with E-state index in [1.807, 2.05) is 0 Å². The lowest BCUT2D eigenvalue weighted by Crippen LogP contribution is -2.04. The Balaban J connectivity index is 0.00000225. The first-order chi connectivity index (χ1) is 7.25. The zero-order valence-corrected chi connectivity index (χ0v) is 8.90. The number of hydrogen-bond donors (Lipinski definition) is 1. The van der Waals surface area contributed by atoms with Crippen LogP contribution < -0.4 is 4.74 Å². The van der Waals surface area contributed by atoms with Gasteiger partial charge < -0.3 is 9.84 Å². The molecule has 0 aliphatic carbocycles. The van der Waals surface area contributed by atoms with E-state index < -0.39 is 5.97 Å². The molecule has 0 unspecified atom stereocenters. The van der Waals surface area contributed by atoms with Crippen LogP contribution in [0, 0.1) is 0 Å². The van der Waals surface area contributed by atoms with Gasteiger partial charge in [-0.1, -0.05) is 31.9 Å². The van der Waals surface area contributed by atoms with Gasteiger partial charge in [0, 0.05) is 0 Å². The number of para-hydroxylation sites is 1. The number of carbonyl (C=O) groups is 1. The average Bonchev–Trinajstić information content (AvgIpc) is 2.25. The average molecular weight is 238 g/mol. The summed E-state index contributed by atoms with van der Waals surface area (Å²) < 4.78 is 5.42. The molecule has 16 heavy (non-hydrogen) atoms. The van der Waals surface area contributed by atoms with Crippen molar-refractivity contribution in [1.29, 1.82) is 0 Å². The van der Waals surface area contributed by atoms with Crippen molar-refractivity contribution in [2.75, 3.05) is 6.61 Å². The molecule has 0 heterocycles. The van der Waals surface area contributed by atoms with Gasteiger partial charge in [0.05, 0.1) is 6.61 Å². The van der Waals surface area contributed by atoms with Gasteiger partial charge in [-0.25, -0.2) is 4.79 Å². The molecule has 1 rings (SSSR count).